The molecule has 0 atom stereocenters. The Bertz CT molecular complexity index is 1060. The maximum Gasteiger partial charge on any atom is 0.245 e. The van der Waals surface area contributed by atoms with Crippen LogP contribution in [0, 0.1) is 0 Å². The average Bonchev–Trinajstić information content (AvgIpc) is 3.34. The van der Waals surface area contributed by atoms with Gasteiger partial charge in [0, 0.05) is 18.1 Å². The first-order chi connectivity index (χ1) is 12.6. The van der Waals surface area contributed by atoms with Crippen molar-refractivity contribution in [1.82, 2.24) is 9.29 Å². The monoisotopic (exact) mass is 384 g/mol. The molecule has 3 aromatic heterocycles. The highest BCUT2D eigenvalue weighted by Gasteiger charge is 2.28. The number of para-hydroxylation sites is 1. The summed E-state index contributed by atoms with van der Waals surface area (Å²) in [6.07, 6.45) is 3.15. The number of benzene rings is 1. The number of rotatable bonds is 6. The van der Waals surface area contributed by atoms with Crippen molar-refractivity contribution < 1.29 is 12.8 Å². The van der Waals surface area contributed by atoms with Crippen LogP contribution >= 0.6 is 11.3 Å². The minimum atomic E-state index is -3.76. The highest BCUT2D eigenvalue weighted by molar-refractivity contribution is 7.89. The number of nitrogens with zero attached hydrogens (tertiary/aromatic N) is 2. The van der Waals surface area contributed by atoms with Gasteiger partial charge >= 0.3 is 0 Å². The van der Waals surface area contributed by atoms with Crippen LogP contribution in [0.4, 0.5) is 0 Å². The Hall–Kier alpha value is -2.48. The van der Waals surface area contributed by atoms with Gasteiger partial charge in [0.05, 0.1) is 18.3 Å². The Morgan fingerprint density at radius 2 is 1.92 bits per heavy atom. The van der Waals surface area contributed by atoms with Crippen molar-refractivity contribution >= 4 is 32.3 Å². The molecule has 0 fully saturated rings. The Morgan fingerprint density at radius 1 is 1.04 bits per heavy atom. The fourth-order valence-corrected chi connectivity index (χ4v) is 5.03. The van der Waals surface area contributed by atoms with Gasteiger partial charge in [-0.05, 0) is 46.7 Å². The summed E-state index contributed by atoms with van der Waals surface area (Å²) >= 11 is 1.54. The molecular weight excluding hydrogens is 368 g/mol. The molecule has 7 heteroatoms. The van der Waals surface area contributed by atoms with Gasteiger partial charge in [0.2, 0.25) is 10.0 Å². The highest BCUT2D eigenvalue weighted by atomic mass is 32.2. The molecule has 3 heterocycles. The first-order valence-corrected chi connectivity index (χ1v) is 10.4. The number of aromatic nitrogens is 1. The second-order valence-corrected chi connectivity index (χ2v) is 8.50. The van der Waals surface area contributed by atoms with E-state index in [1.165, 1.54) is 4.31 Å². The van der Waals surface area contributed by atoms with Gasteiger partial charge in [0.1, 0.15) is 10.7 Å². The first-order valence-electron chi connectivity index (χ1n) is 8.02. The van der Waals surface area contributed by atoms with Crippen LogP contribution in [0.15, 0.2) is 81.1 Å². The van der Waals surface area contributed by atoms with Crippen LogP contribution in [0.2, 0.25) is 0 Å². The summed E-state index contributed by atoms with van der Waals surface area (Å²) in [7, 11) is -3.76. The molecule has 0 aliphatic heterocycles. The second kappa shape index (κ2) is 7.03. The van der Waals surface area contributed by atoms with Crippen molar-refractivity contribution in [2.45, 2.75) is 18.0 Å². The summed E-state index contributed by atoms with van der Waals surface area (Å²) in [5.74, 6) is 0.594. The number of pyridine rings is 1. The lowest BCUT2D eigenvalue weighted by Crippen LogP contribution is -2.30. The summed E-state index contributed by atoms with van der Waals surface area (Å²) in [6.45, 7) is 0.435. The van der Waals surface area contributed by atoms with E-state index in [1.807, 2.05) is 29.0 Å². The van der Waals surface area contributed by atoms with Gasteiger partial charge in [-0.15, -0.1) is 0 Å². The van der Waals surface area contributed by atoms with E-state index < -0.39 is 10.0 Å². The van der Waals surface area contributed by atoms with E-state index in [9.17, 15) is 8.42 Å². The molecule has 0 radical (unpaired) electrons. The van der Waals surface area contributed by atoms with Gasteiger partial charge in [0.15, 0.2) is 0 Å². The van der Waals surface area contributed by atoms with E-state index in [0.29, 0.717) is 11.3 Å². The maximum absolute atomic E-state index is 13.4. The summed E-state index contributed by atoms with van der Waals surface area (Å²) in [6, 6.07) is 14.3. The zero-order valence-corrected chi connectivity index (χ0v) is 15.4. The second-order valence-electron chi connectivity index (χ2n) is 5.82. The molecule has 0 saturated carbocycles. The van der Waals surface area contributed by atoms with Gasteiger partial charge in [-0.25, -0.2) is 8.42 Å². The van der Waals surface area contributed by atoms with Gasteiger partial charge < -0.3 is 4.42 Å². The fraction of sp³-hybridized carbons (Fsp3) is 0.105. The molecule has 132 valence electrons. The molecular formula is C19H16N2O3S2. The predicted octanol–water partition coefficient (Wildman–Crippen LogP) is 4.28. The lowest BCUT2D eigenvalue weighted by molar-refractivity contribution is 0.359. The standard InChI is InChI=1S/C19H16N2O3S2/c22-26(23,18-7-1-4-16-5-2-9-20-19(16)18)21(12-15-8-11-25-14-15)13-17-6-3-10-24-17/h1-11,14H,12-13H2. The van der Waals surface area contributed by atoms with Crippen LogP contribution in [-0.2, 0) is 23.1 Å². The van der Waals surface area contributed by atoms with Crippen molar-refractivity contribution in [3.63, 3.8) is 0 Å². The van der Waals surface area contributed by atoms with Crippen LogP contribution in [0.1, 0.15) is 11.3 Å². The van der Waals surface area contributed by atoms with E-state index >= 15 is 0 Å². The third-order valence-electron chi connectivity index (χ3n) is 4.06. The molecule has 26 heavy (non-hydrogen) atoms. The number of furan rings is 1. The van der Waals surface area contributed by atoms with Crippen LogP contribution in [0.25, 0.3) is 10.9 Å². The Balaban J connectivity index is 1.79. The lowest BCUT2D eigenvalue weighted by atomic mass is 10.2. The summed E-state index contributed by atoms with van der Waals surface area (Å²) in [5.41, 5.74) is 1.42. The minimum absolute atomic E-state index is 0.161. The molecule has 0 amide bonds. The third-order valence-corrected chi connectivity index (χ3v) is 6.62. The minimum Gasteiger partial charge on any atom is -0.468 e. The molecule has 0 unspecified atom stereocenters. The number of sulfonamides is 1. The van der Waals surface area contributed by atoms with Crippen LogP contribution in [0.5, 0.6) is 0 Å². The molecule has 0 saturated heterocycles. The molecule has 1 aromatic carbocycles. The fourth-order valence-electron chi connectivity index (χ4n) is 2.81. The van der Waals surface area contributed by atoms with Crippen molar-refractivity contribution in [1.29, 1.82) is 0 Å². The average molecular weight is 384 g/mol. The normalized spacial score (nSPS) is 12.0. The van der Waals surface area contributed by atoms with Crippen molar-refractivity contribution in [3.8, 4) is 0 Å². The molecule has 0 aliphatic carbocycles. The SMILES string of the molecule is O=S(=O)(c1cccc2cccnc12)N(Cc1ccsc1)Cc1ccco1. The van der Waals surface area contributed by atoms with Crippen LogP contribution in [0.3, 0.4) is 0 Å². The lowest BCUT2D eigenvalue weighted by Gasteiger charge is -2.21. The molecule has 0 spiro atoms. The van der Waals surface area contributed by atoms with Crippen molar-refractivity contribution in [3.05, 3.63) is 83.1 Å². The predicted molar refractivity (Wildman–Crippen MR) is 101 cm³/mol. The van der Waals surface area contributed by atoms with E-state index in [4.69, 9.17) is 4.42 Å². The quantitative estimate of drug-likeness (QED) is 0.498. The molecule has 0 N–H and O–H groups in total. The Labute approximate surface area is 155 Å². The van der Waals surface area contributed by atoms with Crippen LogP contribution < -0.4 is 0 Å². The molecule has 0 aliphatic rings. The number of hydrogen-bond donors (Lipinski definition) is 0. The van der Waals surface area contributed by atoms with E-state index in [0.717, 1.165) is 10.9 Å². The summed E-state index contributed by atoms with van der Waals surface area (Å²) in [4.78, 5) is 4.50. The summed E-state index contributed by atoms with van der Waals surface area (Å²) in [5, 5.41) is 4.68. The number of fused-ring (bicyclic) bond motifs is 1. The summed E-state index contributed by atoms with van der Waals surface area (Å²) < 4.78 is 33.7. The van der Waals surface area contributed by atoms with E-state index in [1.54, 1.807) is 54.1 Å². The van der Waals surface area contributed by atoms with Crippen LogP contribution in [-0.4, -0.2) is 17.7 Å². The van der Waals surface area contributed by atoms with Crippen molar-refractivity contribution in [2.24, 2.45) is 0 Å². The van der Waals surface area contributed by atoms with E-state index in [2.05, 4.69) is 4.98 Å². The van der Waals surface area contributed by atoms with Crippen molar-refractivity contribution in [2.75, 3.05) is 0 Å². The zero-order valence-electron chi connectivity index (χ0n) is 13.8. The molecule has 0 bridgehead atoms. The van der Waals surface area contributed by atoms with E-state index in [-0.39, 0.29) is 18.0 Å². The van der Waals surface area contributed by atoms with Gasteiger partial charge in [-0.3, -0.25) is 4.98 Å². The molecule has 4 aromatic rings. The number of thiophene rings is 1. The molecule has 5 nitrogen and oxygen atoms in total. The topological polar surface area (TPSA) is 63.4 Å². The third kappa shape index (κ3) is 3.29. The number of hydrogen-bond acceptors (Lipinski definition) is 5. The Kier molecular flexibility index (Phi) is 4.58. The van der Waals surface area contributed by atoms with Gasteiger partial charge in [0.25, 0.3) is 0 Å². The smallest absolute Gasteiger partial charge is 0.245 e. The first kappa shape index (κ1) is 17.0. The Morgan fingerprint density at radius 3 is 2.69 bits per heavy atom. The zero-order chi connectivity index (χ0) is 18.0. The highest BCUT2D eigenvalue weighted by Crippen LogP contribution is 2.27. The molecule has 4 rings (SSSR count). The van der Waals surface area contributed by atoms with Gasteiger partial charge in [-0.2, -0.15) is 15.6 Å². The largest absolute Gasteiger partial charge is 0.468 e. The van der Waals surface area contributed by atoms with Gasteiger partial charge in [-0.1, -0.05) is 18.2 Å². The maximum atomic E-state index is 13.4.